The van der Waals surface area contributed by atoms with Crippen molar-refractivity contribution in [2.45, 2.75) is 26.7 Å². The van der Waals surface area contributed by atoms with Crippen LogP contribution in [0.15, 0.2) is 23.3 Å². The van der Waals surface area contributed by atoms with Crippen LogP contribution in [0.5, 0.6) is 11.5 Å². The highest BCUT2D eigenvalue weighted by Crippen LogP contribution is 2.24. The van der Waals surface area contributed by atoms with E-state index in [-0.39, 0.29) is 0 Å². The zero-order valence-corrected chi connectivity index (χ0v) is 11.9. The van der Waals surface area contributed by atoms with Gasteiger partial charge < -0.3 is 15.2 Å². The third-order valence-corrected chi connectivity index (χ3v) is 2.30. The van der Waals surface area contributed by atoms with Crippen LogP contribution in [0.3, 0.4) is 0 Å². The van der Waals surface area contributed by atoms with Gasteiger partial charge in [-0.05, 0) is 25.0 Å². The summed E-state index contributed by atoms with van der Waals surface area (Å²) in [6.45, 7) is 5.33. The van der Waals surface area contributed by atoms with Gasteiger partial charge >= 0.3 is 6.03 Å². The molecule has 0 spiro atoms. The molecule has 0 aliphatic carbocycles. The van der Waals surface area contributed by atoms with Crippen molar-refractivity contribution in [3.63, 3.8) is 0 Å². The lowest BCUT2D eigenvalue weighted by atomic mass is 10.2. The van der Waals surface area contributed by atoms with E-state index in [2.05, 4.69) is 10.5 Å². The number of amides is 2. The van der Waals surface area contributed by atoms with Gasteiger partial charge in [0.25, 0.3) is 0 Å². The summed E-state index contributed by atoms with van der Waals surface area (Å²) in [6.07, 6.45) is 3.33. The number of benzene rings is 1. The van der Waals surface area contributed by atoms with Gasteiger partial charge in [-0.3, -0.25) is 0 Å². The minimum absolute atomic E-state index is 0.599. The molecule has 0 fully saturated rings. The summed E-state index contributed by atoms with van der Waals surface area (Å²) in [5, 5.41) is 3.73. The Kier molecular flexibility index (Phi) is 6.95. The van der Waals surface area contributed by atoms with E-state index in [0.29, 0.717) is 19.0 Å². The van der Waals surface area contributed by atoms with Crippen LogP contribution in [-0.4, -0.2) is 25.5 Å². The minimum atomic E-state index is -0.708. The van der Waals surface area contributed by atoms with E-state index in [1.54, 1.807) is 0 Å². The Morgan fingerprint density at radius 3 is 2.65 bits per heavy atom. The lowest BCUT2D eigenvalue weighted by molar-refractivity contribution is 0.249. The molecular formula is C14H21N3O3. The van der Waals surface area contributed by atoms with E-state index < -0.39 is 6.03 Å². The van der Waals surface area contributed by atoms with Crippen molar-refractivity contribution in [2.24, 2.45) is 10.8 Å². The summed E-state index contributed by atoms with van der Waals surface area (Å²) < 4.78 is 11.2. The molecule has 0 unspecified atom stereocenters. The number of nitrogens with zero attached hydrogens (tertiary/aromatic N) is 1. The van der Waals surface area contributed by atoms with Gasteiger partial charge in [0.15, 0.2) is 0 Å². The first-order chi connectivity index (χ1) is 9.67. The number of ether oxygens (including phenoxy) is 2. The summed E-state index contributed by atoms with van der Waals surface area (Å²) in [6, 6.07) is 4.76. The van der Waals surface area contributed by atoms with Crippen LogP contribution in [0.4, 0.5) is 4.79 Å². The summed E-state index contributed by atoms with van der Waals surface area (Å²) in [7, 11) is 0. The van der Waals surface area contributed by atoms with Crippen molar-refractivity contribution in [2.75, 3.05) is 13.2 Å². The molecule has 20 heavy (non-hydrogen) atoms. The lowest BCUT2D eigenvalue weighted by Crippen LogP contribution is -2.24. The molecule has 0 atom stereocenters. The normalized spacial score (nSPS) is 10.5. The van der Waals surface area contributed by atoms with Crippen LogP contribution in [0.25, 0.3) is 0 Å². The van der Waals surface area contributed by atoms with Gasteiger partial charge in [-0.25, -0.2) is 10.2 Å². The third kappa shape index (κ3) is 5.60. The van der Waals surface area contributed by atoms with E-state index in [0.717, 1.165) is 24.2 Å². The van der Waals surface area contributed by atoms with Crippen LogP contribution < -0.4 is 20.6 Å². The van der Waals surface area contributed by atoms with Gasteiger partial charge in [-0.15, -0.1) is 0 Å². The highest BCUT2D eigenvalue weighted by molar-refractivity contribution is 5.85. The van der Waals surface area contributed by atoms with Gasteiger partial charge in [0, 0.05) is 11.6 Å². The zero-order chi connectivity index (χ0) is 14.8. The number of carbonyl (C=O) groups is 1. The van der Waals surface area contributed by atoms with Crippen LogP contribution in [0.1, 0.15) is 32.3 Å². The molecule has 0 heterocycles. The van der Waals surface area contributed by atoms with Crippen molar-refractivity contribution in [3.8, 4) is 11.5 Å². The van der Waals surface area contributed by atoms with Crippen molar-refractivity contribution >= 4 is 12.2 Å². The molecule has 0 saturated carbocycles. The average molecular weight is 279 g/mol. The van der Waals surface area contributed by atoms with E-state index in [9.17, 15) is 4.79 Å². The second-order valence-electron chi connectivity index (χ2n) is 4.13. The Morgan fingerprint density at radius 1 is 1.30 bits per heavy atom. The number of urea groups is 1. The number of carbonyl (C=O) groups excluding carboxylic acids is 1. The Morgan fingerprint density at radius 2 is 2.00 bits per heavy atom. The molecule has 0 radical (unpaired) electrons. The van der Waals surface area contributed by atoms with E-state index in [1.807, 2.05) is 32.0 Å². The highest BCUT2D eigenvalue weighted by atomic mass is 16.5. The number of hydrogen-bond donors (Lipinski definition) is 2. The Bertz CT molecular complexity index is 461. The zero-order valence-electron chi connectivity index (χ0n) is 11.9. The quantitative estimate of drug-likeness (QED) is 0.565. The van der Waals surface area contributed by atoms with Crippen molar-refractivity contribution in [1.29, 1.82) is 0 Å². The third-order valence-electron chi connectivity index (χ3n) is 2.30. The first-order valence-electron chi connectivity index (χ1n) is 6.65. The lowest BCUT2D eigenvalue weighted by Gasteiger charge is -2.11. The van der Waals surface area contributed by atoms with Crippen LogP contribution in [0, 0.1) is 0 Å². The molecule has 6 nitrogen and oxygen atoms in total. The molecular weight excluding hydrogens is 258 g/mol. The molecule has 0 aliphatic heterocycles. The maximum absolute atomic E-state index is 10.6. The minimum Gasteiger partial charge on any atom is -0.493 e. The Labute approximate surface area is 118 Å². The first-order valence-corrected chi connectivity index (χ1v) is 6.65. The summed E-state index contributed by atoms with van der Waals surface area (Å²) in [5.41, 5.74) is 7.83. The number of primary amides is 1. The maximum Gasteiger partial charge on any atom is 0.332 e. The summed E-state index contributed by atoms with van der Waals surface area (Å²) in [4.78, 5) is 10.6. The first kappa shape index (κ1) is 15.8. The molecule has 1 aromatic carbocycles. The van der Waals surface area contributed by atoms with E-state index in [4.69, 9.17) is 15.2 Å². The number of nitrogens with two attached hydrogens (primary N) is 1. The predicted molar refractivity (Wildman–Crippen MR) is 78.3 cm³/mol. The fourth-order valence-electron chi connectivity index (χ4n) is 1.43. The molecule has 110 valence electrons. The van der Waals surface area contributed by atoms with Gasteiger partial charge in [0.05, 0.1) is 19.4 Å². The van der Waals surface area contributed by atoms with E-state index in [1.165, 1.54) is 6.21 Å². The van der Waals surface area contributed by atoms with Crippen LogP contribution >= 0.6 is 0 Å². The molecule has 1 rings (SSSR count). The van der Waals surface area contributed by atoms with Gasteiger partial charge in [-0.2, -0.15) is 5.10 Å². The van der Waals surface area contributed by atoms with Crippen LogP contribution in [0.2, 0.25) is 0 Å². The maximum atomic E-state index is 10.6. The standard InChI is InChI=1S/C14H21N3O3/c1-3-7-19-12-6-5-11(10-16-17-14(15)18)13(9-12)20-8-4-2/h5-6,9-10H,3-4,7-8H2,1-2H3,(H3,15,17,18)/b16-10-. The number of rotatable bonds is 8. The van der Waals surface area contributed by atoms with Crippen molar-refractivity contribution in [3.05, 3.63) is 23.8 Å². The second-order valence-corrected chi connectivity index (χ2v) is 4.13. The van der Waals surface area contributed by atoms with Crippen LogP contribution in [-0.2, 0) is 0 Å². The Hall–Kier alpha value is -2.24. The topological polar surface area (TPSA) is 85.9 Å². The molecule has 0 aromatic heterocycles. The largest absolute Gasteiger partial charge is 0.493 e. The molecule has 0 aliphatic rings. The van der Waals surface area contributed by atoms with Gasteiger partial charge in [-0.1, -0.05) is 13.8 Å². The van der Waals surface area contributed by atoms with Gasteiger partial charge in [0.2, 0.25) is 0 Å². The molecule has 0 bridgehead atoms. The van der Waals surface area contributed by atoms with Crippen molar-refractivity contribution < 1.29 is 14.3 Å². The number of nitrogens with one attached hydrogen (secondary N) is 1. The average Bonchev–Trinajstić information content (AvgIpc) is 2.44. The molecule has 6 heteroatoms. The van der Waals surface area contributed by atoms with Gasteiger partial charge in [0.1, 0.15) is 11.5 Å². The second kappa shape index (κ2) is 8.79. The smallest absolute Gasteiger partial charge is 0.332 e. The number of hydrogen-bond acceptors (Lipinski definition) is 4. The molecule has 3 N–H and O–H groups in total. The monoisotopic (exact) mass is 279 g/mol. The summed E-state index contributed by atoms with van der Waals surface area (Å²) in [5.74, 6) is 1.41. The van der Waals surface area contributed by atoms with Crippen molar-refractivity contribution in [1.82, 2.24) is 5.43 Å². The van der Waals surface area contributed by atoms with E-state index >= 15 is 0 Å². The molecule has 0 saturated heterocycles. The predicted octanol–water partition coefficient (Wildman–Crippen LogP) is 2.27. The highest BCUT2D eigenvalue weighted by Gasteiger charge is 2.04. The summed E-state index contributed by atoms with van der Waals surface area (Å²) >= 11 is 0. The fourth-order valence-corrected chi connectivity index (χ4v) is 1.43. The number of hydrazone groups is 1. The SMILES string of the molecule is CCCOc1ccc(/C=N\NC(N)=O)c(OCCC)c1. The molecule has 2 amide bonds. The molecule has 1 aromatic rings. The Balaban J connectivity index is 2.84. The fraction of sp³-hybridized carbons (Fsp3) is 0.429.